The Morgan fingerprint density at radius 2 is 1.83 bits per heavy atom. The third-order valence-electron chi connectivity index (χ3n) is 2.64. The first kappa shape index (κ1) is 18.0. The van der Waals surface area contributed by atoms with Gasteiger partial charge in [0, 0.05) is 6.08 Å². The normalized spacial score (nSPS) is 13.3. The summed E-state index contributed by atoms with van der Waals surface area (Å²) in [6, 6.07) is 4.17. The molecule has 0 aliphatic heterocycles. The average molecular weight is 326 g/mol. The van der Waals surface area contributed by atoms with Gasteiger partial charge >= 0.3 is 17.9 Å². The lowest BCUT2D eigenvalue weighted by Crippen LogP contribution is -2.42. The second-order valence-corrected chi connectivity index (χ2v) is 4.24. The van der Waals surface area contributed by atoms with Crippen molar-refractivity contribution in [3.05, 3.63) is 29.8 Å². The minimum atomic E-state index is -2.39. The molecule has 2 atom stereocenters. The minimum absolute atomic E-state index is 0.109. The van der Waals surface area contributed by atoms with Gasteiger partial charge in [-0.25, -0.2) is 14.4 Å². The second kappa shape index (κ2) is 7.80. The molecule has 9 nitrogen and oxygen atoms in total. The van der Waals surface area contributed by atoms with Crippen molar-refractivity contribution in [2.45, 2.75) is 12.2 Å². The molecule has 1 rings (SSSR count). The summed E-state index contributed by atoms with van der Waals surface area (Å²) in [5.41, 5.74) is 0.433. The maximum absolute atomic E-state index is 11.5. The van der Waals surface area contributed by atoms with Gasteiger partial charge in [0.15, 0.2) is 17.6 Å². The number of esters is 1. The number of methoxy groups -OCH3 is 1. The van der Waals surface area contributed by atoms with Gasteiger partial charge in [0.05, 0.1) is 7.11 Å². The maximum Gasteiger partial charge on any atom is 0.348 e. The largest absolute Gasteiger partial charge is 0.504 e. The summed E-state index contributed by atoms with van der Waals surface area (Å²) in [6.45, 7) is 0. The van der Waals surface area contributed by atoms with Crippen LogP contribution in [0.15, 0.2) is 24.3 Å². The van der Waals surface area contributed by atoms with Crippen LogP contribution >= 0.6 is 0 Å². The molecular formula is C14H14O9. The third kappa shape index (κ3) is 5.00. The lowest BCUT2D eigenvalue weighted by atomic mass is 10.2. The molecule has 0 aliphatic rings. The molecule has 2 unspecified atom stereocenters. The zero-order valence-electron chi connectivity index (χ0n) is 11.9. The molecule has 0 fully saturated rings. The molecule has 4 N–H and O–H groups in total. The van der Waals surface area contributed by atoms with Crippen molar-refractivity contribution in [3.63, 3.8) is 0 Å². The van der Waals surface area contributed by atoms with Crippen LogP contribution in [-0.4, -0.2) is 57.7 Å². The van der Waals surface area contributed by atoms with E-state index in [1.54, 1.807) is 0 Å². The molecular weight excluding hydrogens is 312 g/mol. The molecule has 124 valence electrons. The predicted octanol–water partition coefficient (Wildman–Crippen LogP) is -0.144. The quantitative estimate of drug-likeness (QED) is 0.396. The number of rotatable bonds is 7. The first-order chi connectivity index (χ1) is 10.8. The number of hydrogen-bond donors (Lipinski definition) is 4. The van der Waals surface area contributed by atoms with E-state index in [1.807, 2.05) is 0 Å². The monoisotopic (exact) mass is 326 g/mol. The van der Waals surface area contributed by atoms with Crippen LogP contribution in [0.1, 0.15) is 5.56 Å². The SMILES string of the molecule is COc1cc(/C=C/C(=O)OC(C(=O)O)C(O)C(=O)O)ccc1O. The standard InChI is InChI=1S/C14H14O9/c1-22-9-6-7(2-4-8(9)15)3-5-10(16)23-12(14(20)21)11(17)13(18)19/h2-6,11-12,15,17H,1H3,(H,18,19)(H,20,21)/b5-3+. The highest BCUT2D eigenvalue weighted by molar-refractivity contribution is 5.91. The van der Waals surface area contributed by atoms with Crippen LogP contribution in [0.2, 0.25) is 0 Å². The number of carboxylic acid groups (broad SMARTS) is 2. The van der Waals surface area contributed by atoms with Crippen LogP contribution < -0.4 is 4.74 Å². The number of carbonyl (C=O) groups excluding carboxylic acids is 1. The van der Waals surface area contributed by atoms with Crippen molar-refractivity contribution in [3.8, 4) is 11.5 Å². The Morgan fingerprint density at radius 3 is 2.35 bits per heavy atom. The zero-order chi connectivity index (χ0) is 17.6. The highest BCUT2D eigenvalue weighted by atomic mass is 16.6. The van der Waals surface area contributed by atoms with E-state index in [0.717, 1.165) is 6.08 Å². The molecule has 0 bridgehead atoms. The molecule has 0 amide bonds. The van der Waals surface area contributed by atoms with E-state index in [2.05, 4.69) is 4.74 Å². The number of phenols is 1. The van der Waals surface area contributed by atoms with Crippen molar-refractivity contribution in [1.29, 1.82) is 0 Å². The number of aliphatic carboxylic acids is 2. The summed E-state index contributed by atoms with van der Waals surface area (Å²) in [5, 5.41) is 35.9. The Hall–Kier alpha value is -3.07. The lowest BCUT2D eigenvalue weighted by molar-refractivity contribution is -0.176. The number of aromatic hydroxyl groups is 1. The number of ether oxygens (including phenoxy) is 2. The van der Waals surface area contributed by atoms with Gasteiger partial charge in [-0.05, 0) is 23.8 Å². The first-order valence-electron chi connectivity index (χ1n) is 6.15. The van der Waals surface area contributed by atoms with Crippen molar-refractivity contribution in [1.82, 2.24) is 0 Å². The Labute approximate surface area is 130 Å². The highest BCUT2D eigenvalue weighted by Crippen LogP contribution is 2.26. The average Bonchev–Trinajstić information content (AvgIpc) is 2.50. The number of hydrogen-bond acceptors (Lipinski definition) is 7. The van der Waals surface area contributed by atoms with Crippen LogP contribution in [-0.2, 0) is 19.1 Å². The van der Waals surface area contributed by atoms with E-state index in [4.69, 9.17) is 20.1 Å². The van der Waals surface area contributed by atoms with E-state index >= 15 is 0 Å². The lowest BCUT2D eigenvalue weighted by Gasteiger charge is -2.15. The Morgan fingerprint density at radius 1 is 1.17 bits per heavy atom. The molecule has 0 spiro atoms. The highest BCUT2D eigenvalue weighted by Gasteiger charge is 2.35. The van der Waals surface area contributed by atoms with Crippen LogP contribution in [0.5, 0.6) is 11.5 Å². The third-order valence-corrected chi connectivity index (χ3v) is 2.64. The van der Waals surface area contributed by atoms with Crippen molar-refractivity contribution < 1.29 is 44.3 Å². The van der Waals surface area contributed by atoms with E-state index in [-0.39, 0.29) is 11.5 Å². The number of benzene rings is 1. The topological polar surface area (TPSA) is 151 Å². The number of phenolic OH excluding ortho intramolecular Hbond substituents is 1. The molecule has 1 aromatic carbocycles. The van der Waals surface area contributed by atoms with Crippen molar-refractivity contribution in [2.75, 3.05) is 7.11 Å². The summed E-state index contributed by atoms with van der Waals surface area (Å²) >= 11 is 0. The van der Waals surface area contributed by atoms with Crippen LogP contribution in [0.3, 0.4) is 0 Å². The number of aliphatic hydroxyl groups is 1. The van der Waals surface area contributed by atoms with E-state index in [0.29, 0.717) is 5.56 Å². The smallest absolute Gasteiger partial charge is 0.348 e. The predicted molar refractivity (Wildman–Crippen MR) is 74.9 cm³/mol. The minimum Gasteiger partial charge on any atom is -0.504 e. The molecule has 0 aromatic heterocycles. The summed E-state index contributed by atoms with van der Waals surface area (Å²) in [6.07, 6.45) is -2.55. The van der Waals surface area contributed by atoms with Crippen molar-refractivity contribution >= 4 is 24.0 Å². The van der Waals surface area contributed by atoms with Crippen LogP contribution in [0.25, 0.3) is 6.08 Å². The van der Waals surface area contributed by atoms with Gasteiger partial charge < -0.3 is 29.9 Å². The fourth-order valence-electron chi connectivity index (χ4n) is 1.51. The molecule has 0 heterocycles. The fraction of sp³-hybridized carbons (Fsp3) is 0.214. The van der Waals surface area contributed by atoms with Gasteiger partial charge in [0.25, 0.3) is 0 Å². The van der Waals surface area contributed by atoms with Gasteiger partial charge in [0.1, 0.15) is 0 Å². The number of aliphatic hydroxyl groups excluding tert-OH is 1. The second-order valence-electron chi connectivity index (χ2n) is 4.24. The number of carboxylic acids is 2. The van der Waals surface area contributed by atoms with Crippen molar-refractivity contribution in [2.24, 2.45) is 0 Å². The fourth-order valence-corrected chi connectivity index (χ4v) is 1.51. The van der Waals surface area contributed by atoms with Gasteiger partial charge in [-0.2, -0.15) is 0 Å². The maximum atomic E-state index is 11.5. The summed E-state index contributed by atoms with van der Waals surface area (Å²) in [4.78, 5) is 32.9. The summed E-state index contributed by atoms with van der Waals surface area (Å²) in [7, 11) is 1.33. The summed E-state index contributed by atoms with van der Waals surface area (Å²) in [5.74, 6) is -4.75. The molecule has 0 saturated carbocycles. The summed E-state index contributed by atoms with van der Waals surface area (Å²) < 4.78 is 9.27. The zero-order valence-corrected chi connectivity index (χ0v) is 11.9. The molecule has 0 saturated heterocycles. The van der Waals surface area contributed by atoms with Gasteiger partial charge in [0.2, 0.25) is 6.10 Å². The molecule has 23 heavy (non-hydrogen) atoms. The van der Waals surface area contributed by atoms with E-state index in [9.17, 15) is 19.5 Å². The Balaban J connectivity index is 2.82. The molecule has 0 radical (unpaired) electrons. The molecule has 9 heteroatoms. The van der Waals surface area contributed by atoms with E-state index in [1.165, 1.54) is 31.4 Å². The van der Waals surface area contributed by atoms with Crippen LogP contribution in [0, 0.1) is 0 Å². The van der Waals surface area contributed by atoms with Gasteiger partial charge in [-0.1, -0.05) is 6.07 Å². The van der Waals surface area contributed by atoms with E-state index < -0.39 is 30.1 Å². The van der Waals surface area contributed by atoms with Gasteiger partial charge in [-0.15, -0.1) is 0 Å². The van der Waals surface area contributed by atoms with Crippen LogP contribution in [0.4, 0.5) is 0 Å². The van der Waals surface area contributed by atoms with Gasteiger partial charge in [-0.3, -0.25) is 0 Å². The Kier molecular flexibility index (Phi) is 6.10. The first-order valence-corrected chi connectivity index (χ1v) is 6.15. The molecule has 0 aliphatic carbocycles. The molecule has 1 aromatic rings. The Bertz CT molecular complexity index is 635. The number of carbonyl (C=O) groups is 3.